The molecule has 2 heterocycles. The first-order valence-corrected chi connectivity index (χ1v) is 19.1. The lowest BCUT2D eigenvalue weighted by atomic mass is 10.00. The summed E-state index contributed by atoms with van der Waals surface area (Å²) in [5.74, 6) is -7.54. The minimum Gasteiger partial charge on any atom is -0.478 e. The Morgan fingerprint density at radius 2 is 1.02 bits per heavy atom. The summed E-state index contributed by atoms with van der Waals surface area (Å²) >= 11 is 0. The molecule has 0 radical (unpaired) electrons. The third-order valence-corrected chi connectivity index (χ3v) is 9.35. The number of nitrogens with zero attached hydrogens (tertiary/aromatic N) is 4. The van der Waals surface area contributed by atoms with E-state index in [1.807, 2.05) is 0 Å². The van der Waals surface area contributed by atoms with Crippen molar-refractivity contribution in [3.8, 4) is 0 Å². The fourth-order valence-electron chi connectivity index (χ4n) is 6.31. The molecule has 324 valence electrons. The number of nitrogens with two attached hydrogens (primary N) is 1. The number of rotatable bonds is 15. The molecule has 60 heavy (non-hydrogen) atoms. The molecular weight excluding hydrogens is 778 g/mol. The third kappa shape index (κ3) is 21.4. The zero-order chi connectivity index (χ0) is 44.5. The molecule has 17 nitrogen and oxygen atoms in total. The maximum Gasteiger partial charge on any atom is 0.328 e. The maximum absolute atomic E-state index is 9.55. The minimum absolute atomic E-state index is 0.451. The van der Waals surface area contributed by atoms with Crippen molar-refractivity contribution in [1.29, 1.82) is 0 Å². The molecule has 0 aromatic heterocycles. The van der Waals surface area contributed by atoms with Gasteiger partial charge in [-0.3, -0.25) is 9.80 Å². The zero-order valence-corrected chi connectivity index (χ0v) is 33.6. The van der Waals surface area contributed by atoms with Crippen LogP contribution in [0.5, 0.6) is 0 Å². The highest BCUT2D eigenvalue weighted by Gasteiger charge is 2.27. The van der Waals surface area contributed by atoms with Gasteiger partial charge in [-0.1, -0.05) is 54.6 Å². The quantitative estimate of drug-likeness (QED) is 0.0657. The first-order chi connectivity index (χ1) is 28.5. The number of anilines is 1. The summed E-state index contributed by atoms with van der Waals surface area (Å²) < 4.78 is 0. The number of piperazine rings is 2. The van der Waals surface area contributed by atoms with Crippen LogP contribution in [0.25, 0.3) is 10.8 Å². The lowest BCUT2D eigenvalue weighted by Crippen LogP contribution is -2.52. The van der Waals surface area contributed by atoms with E-state index in [1.54, 1.807) is 0 Å². The predicted molar refractivity (Wildman–Crippen MR) is 226 cm³/mol. The Bertz CT molecular complexity index is 1800. The van der Waals surface area contributed by atoms with E-state index in [0.717, 1.165) is 38.4 Å². The van der Waals surface area contributed by atoms with Crippen LogP contribution in [-0.2, 0) is 35.2 Å². The minimum atomic E-state index is -1.26. The molecule has 5 rings (SSSR count). The van der Waals surface area contributed by atoms with Crippen molar-refractivity contribution in [3.05, 3.63) is 114 Å². The molecule has 3 aromatic carbocycles. The fourth-order valence-corrected chi connectivity index (χ4v) is 6.31. The lowest BCUT2D eigenvalue weighted by molar-refractivity contribution is -0.134. The van der Waals surface area contributed by atoms with Gasteiger partial charge in [-0.25, -0.2) is 28.8 Å². The van der Waals surface area contributed by atoms with Gasteiger partial charge >= 0.3 is 35.8 Å². The largest absolute Gasteiger partial charge is 0.478 e. The van der Waals surface area contributed by atoms with Gasteiger partial charge in [0.05, 0.1) is 0 Å². The Balaban J connectivity index is 0.000000421. The van der Waals surface area contributed by atoms with Crippen LogP contribution >= 0.6 is 0 Å². The normalized spacial score (nSPS) is 15.6. The Kier molecular flexibility index (Phi) is 22.6. The average Bonchev–Trinajstić information content (AvgIpc) is 3.21. The number of nitrogen functional groups attached to an aromatic ring is 1. The van der Waals surface area contributed by atoms with Crippen LogP contribution in [0.3, 0.4) is 0 Å². The average molecular weight is 834 g/mol. The molecule has 17 heteroatoms. The van der Waals surface area contributed by atoms with Crippen molar-refractivity contribution in [2.45, 2.75) is 25.3 Å². The summed E-state index contributed by atoms with van der Waals surface area (Å²) in [7, 11) is 2.23. The molecule has 0 aliphatic carbocycles. The van der Waals surface area contributed by atoms with Crippen LogP contribution in [0.15, 0.2) is 103 Å². The van der Waals surface area contributed by atoms with Gasteiger partial charge in [0, 0.05) is 107 Å². The number of hydrogen-bond donors (Lipinski definition) is 7. The summed E-state index contributed by atoms with van der Waals surface area (Å²) in [4.78, 5) is 67.8. The highest BCUT2D eigenvalue weighted by molar-refractivity contribution is 5.90. The standard InChI is InChI=1S/C31H43N5.3C4H4O4/c1-33-17-23-36(24-18-33)31(28-12-14-29(32)15-13-28)25-35-21-19-34(20-22-35)16-5-4-8-27-10-6-9-26-7-2-3-11-30(26)27;3*5-3(6)1-2-4(7)8/h2-3,6-7,9-15,31H,4-5,8,16-25,32H2,1H3;3*1-2H,(H,5,6)(H,7,8)/b;3*2-1-. The van der Waals surface area contributed by atoms with Gasteiger partial charge in [-0.05, 0) is 66.9 Å². The maximum atomic E-state index is 9.55. The monoisotopic (exact) mass is 833 g/mol. The van der Waals surface area contributed by atoms with Crippen LogP contribution in [0, 0.1) is 0 Å². The van der Waals surface area contributed by atoms with Crippen molar-refractivity contribution in [2.24, 2.45) is 0 Å². The zero-order valence-electron chi connectivity index (χ0n) is 33.6. The number of aliphatic carboxylic acids is 6. The second-order valence-corrected chi connectivity index (χ2v) is 13.8. The van der Waals surface area contributed by atoms with Gasteiger partial charge in [0.25, 0.3) is 0 Å². The fraction of sp³-hybridized carbons (Fsp3) is 0.349. The van der Waals surface area contributed by atoms with E-state index < -0.39 is 35.8 Å². The van der Waals surface area contributed by atoms with Crippen LogP contribution in [-0.4, -0.2) is 159 Å². The molecular formula is C43H55N5O12. The van der Waals surface area contributed by atoms with Gasteiger partial charge in [0.2, 0.25) is 0 Å². The van der Waals surface area contributed by atoms with Crippen molar-refractivity contribution in [1.82, 2.24) is 19.6 Å². The van der Waals surface area contributed by atoms with E-state index in [2.05, 4.69) is 93.4 Å². The summed E-state index contributed by atoms with van der Waals surface area (Å²) in [5, 5.41) is 49.7. The molecule has 2 aliphatic heterocycles. The topological polar surface area (TPSA) is 263 Å². The van der Waals surface area contributed by atoms with Crippen LogP contribution < -0.4 is 5.73 Å². The number of hydrogen-bond acceptors (Lipinski definition) is 11. The number of carboxylic acids is 6. The van der Waals surface area contributed by atoms with E-state index >= 15 is 0 Å². The first-order valence-electron chi connectivity index (χ1n) is 19.1. The van der Waals surface area contributed by atoms with Gasteiger partial charge < -0.3 is 46.2 Å². The smallest absolute Gasteiger partial charge is 0.328 e. The van der Waals surface area contributed by atoms with Gasteiger partial charge in [-0.2, -0.15) is 0 Å². The second kappa shape index (κ2) is 27.3. The van der Waals surface area contributed by atoms with E-state index in [9.17, 15) is 28.8 Å². The van der Waals surface area contributed by atoms with E-state index in [4.69, 9.17) is 36.4 Å². The van der Waals surface area contributed by atoms with Crippen molar-refractivity contribution < 1.29 is 59.4 Å². The van der Waals surface area contributed by atoms with Crippen molar-refractivity contribution >= 4 is 52.3 Å². The molecule has 0 amide bonds. The molecule has 1 unspecified atom stereocenters. The molecule has 1 atom stereocenters. The Morgan fingerprint density at radius 1 is 0.567 bits per heavy atom. The molecule has 0 spiro atoms. The molecule has 2 aliphatic rings. The van der Waals surface area contributed by atoms with Crippen molar-refractivity contribution in [2.75, 3.05) is 78.2 Å². The number of aryl methyl sites for hydroxylation is 1. The molecule has 2 saturated heterocycles. The van der Waals surface area contributed by atoms with E-state index in [0.29, 0.717) is 42.5 Å². The second-order valence-electron chi connectivity index (χ2n) is 13.8. The van der Waals surface area contributed by atoms with Crippen molar-refractivity contribution in [3.63, 3.8) is 0 Å². The number of fused-ring (bicyclic) bond motifs is 1. The Labute approximate surface area is 348 Å². The van der Waals surface area contributed by atoms with Gasteiger partial charge in [0.15, 0.2) is 0 Å². The molecule has 2 fully saturated rings. The van der Waals surface area contributed by atoms with E-state index in [1.165, 1.54) is 73.9 Å². The summed E-state index contributed by atoms with van der Waals surface area (Å²) in [6.07, 6.45) is 7.06. The number of likely N-dealkylation sites (N-methyl/N-ethyl adjacent to an activating group) is 1. The number of benzene rings is 3. The van der Waals surface area contributed by atoms with Gasteiger partial charge in [-0.15, -0.1) is 0 Å². The molecule has 3 aromatic rings. The van der Waals surface area contributed by atoms with Gasteiger partial charge in [0.1, 0.15) is 0 Å². The molecule has 8 N–H and O–H groups in total. The first kappa shape index (κ1) is 49.7. The molecule has 0 bridgehead atoms. The summed E-state index contributed by atoms with van der Waals surface area (Å²) in [6.45, 7) is 11.6. The lowest BCUT2D eigenvalue weighted by Gasteiger charge is -2.42. The predicted octanol–water partition coefficient (Wildman–Crippen LogP) is 3.49. The van der Waals surface area contributed by atoms with Crippen LogP contribution in [0.4, 0.5) is 5.69 Å². The SMILES string of the molecule is CN1CCN(C(CN2CCN(CCCCc3cccc4ccccc34)CC2)c2ccc(N)cc2)CC1.O=C(O)/C=C\C(=O)O.O=C(O)/C=C\C(=O)O.O=C(O)/C=C\C(=O)O. The van der Waals surface area contributed by atoms with E-state index in [-0.39, 0.29) is 0 Å². The number of carboxylic acid groups (broad SMARTS) is 6. The Morgan fingerprint density at radius 3 is 1.50 bits per heavy atom. The Hall–Kier alpha value is -6.40. The van der Waals surface area contributed by atoms with Crippen LogP contribution in [0.2, 0.25) is 0 Å². The van der Waals surface area contributed by atoms with Crippen LogP contribution in [0.1, 0.15) is 30.0 Å². The highest BCUT2D eigenvalue weighted by atomic mass is 16.4. The number of unbranched alkanes of at least 4 members (excludes halogenated alkanes) is 1. The summed E-state index contributed by atoms with van der Waals surface area (Å²) in [5.41, 5.74) is 9.75. The highest BCUT2D eigenvalue weighted by Crippen LogP contribution is 2.25. The third-order valence-electron chi connectivity index (χ3n) is 9.35. The summed E-state index contributed by atoms with van der Waals surface area (Å²) in [6, 6.07) is 24.6. The molecule has 0 saturated carbocycles. The number of carbonyl (C=O) groups is 6.